The first-order valence-electron chi connectivity index (χ1n) is 8.59. The predicted octanol–water partition coefficient (Wildman–Crippen LogP) is 1.91. The Hall–Kier alpha value is -2.47. The molecule has 0 saturated heterocycles. The molecule has 0 bridgehead atoms. The molecule has 1 N–H and O–H groups in total. The molecule has 2 aromatic rings. The van der Waals surface area contributed by atoms with E-state index in [4.69, 9.17) is 4.74 Å². The van der Waals surface area contributed by atoms with Gasteiger partial charge in [-0.1, -0.05) is 0 Å². The van der Waals surface area contributed by atoms with Gasteiger partial charge in [0.2, 0.25) is 5.91 Å². The van der Waals surface area contributed by atoms with E-state index in [0.717, 1.165) is 42.0 Å². The Kier molecular flexibility index (Phi) is 5.60. The summed E-state index contributed by atoms with van der Waals surface area (Å²) in [5.74, 6) is 0.973. The lowest BCUT2D eigenvalue weighted by molar-refractivity contribution is -0.121. The normalized spacial score (nSPS) is 15.7. The molecule has 0 saturated carbocycles. The Morgan fingerprint density at radius 3 is 3.00 bits per heavy atom. The van der Waals surface area contributed by atoms with E-state index in [9.17, 15) is 4.79 Å². The van der Waals surface area contributed by atoms with Crippen molar-refractivity contribution in [2.75, 3.05) is 27.2 Å². The first-order chi connectivity index (χ1) is 12.1. The van der Waals surface area contributed by atoms with E-state index in [1.165, 1.54) is 0 Å². The Balaban J connectivity index is 1.51. The van der Waals surface area contributed by atoms with Crippen LogP contribution in [-0.4, -0.2) is 54.1 Å². The summed E-state index contributed by atoms with van der Waals surface area (Å²) in [4.78, 5) is 22.4. The molecule has 132 valence electrons. The second-order valence-corrected chi connectivity index (χ2v) is 6.57. The van der Waals surface area contributed by atoms with E-state index < -0.39 is 0 Å². The van der Waals surface area contributed by atoms with Crippen molar-refractivity contribution in [2.45, 2.75) is 25.4 Å². The number of fused-ring (bicyclic) bond motifs is 1. The second-order valence-electron chi connectivity index (χ2n) is 6.57. The minimum Gasteiger partial charge on any atom is -0.488 e. The highest BCUT2D eigenvalue weighted by atomic mass is 16.5. The van der Waals surface area contributed by atoms with Crippen LogP contribution >= 0.6 is 0 Å². The molecule has 0 spiro atoms. The van der Waals surface area contributed by atoms with E-state index in [1.807, 2.05) is 26.2 Å². The summed E-state index contributed by atoms with van der Waals surface area (Å²) < 4.78 is 5.93. The van der Waals surface area contributed by atoms with Gasteiger partial charge in [-0.2, -0.15) is 0 Å². The molecule has 1 aliphatic heterocycles. The van der Waals surface area contributed by atoms with Gasteiger partial charge >= 0.3 is 0 Å². The molecule has 1 aliphatic rings. The third-order valence-electron chi connectivity index (χ3n) is 4.20. The number of carbonyl (C=O) groups is 1. The average molecular weight is 340 g/mol. The number of aromatic nitrogens is 2. The Labute approximate surface area is 148 Å². The molecule has 1 aromatic heterocycles. The Morgan fingerprint density at radius 1 is 1.36 bits per heavy atom. The molecule has 1 aromatic carbocycles. The maximum atomic E-state index is 11.9. The quantitative estimate of drug-likeness (QED) is 0.834. The fourth-order valence-electron chi connectivity index (χ4n) is 2.91. The number of ether oxygens (including phenoxy) is 1. The van der Waals surface area contributed by atoms with Gasteiger partial charge in [-0.3, -0.25) is 14.8 Å². The number of hydrogen-bond donors (Lipinski definition) is 1. The maximum absolute atomic E-state index is 11.9. The van der Waals surface area contributed by atoms with Crippen LogP contribution in [0.5, 0.6) is 5.75 Å². The van der Waals surface area contributed by atoms with Crippen molar-refractivity contribution in [3.05, 3.63) is 42.4 Å². The van der Waals surface area contributed by atoms with Gasteiger partial charge in [0.25, 0.3) is 0 Å². The lowest BCUT2D eigenvalue weighted by atomic mass is 10.0. The predicted molar refractivity (Wildman–Crippen MR) is 96.4 cm³/mol. The van der Waals surface area contributed by atoms with Gasteiger partial charge in [-0.15, -0.1) is 0 Å². The number of benzene rings is 1. The van der Waals surface area contributed by atoms with Gasteiger partial charge < -0.3 is 15.0 Å². The molecule has 25 heavy (non-hydrogen) atoms. The summed E-state index contributed by atoms with van der Waals surface area (Å²) in [5, 5.41) is 2.97. The molecule has 3 rings (SSSR count). The number of amides is 1. The van der Waals surface area contributed by atoms with Crippen LogP contribution in [0.25, 0.3) is 11.3 Å². The first-order valence-corrected chi connectivity index (χ1v) is 8.59. The highest BCUT2D eigenvalue weighted by Crippen LogP contribution is 2.32. The fraction of sp³-hybridized carbons (Fsp3) is 0.421. The van der Waals surface area contributed by atoms with Crippen LogP contribution in [0.3, 0.4) is 0 Å². The average Bonchev–Trinajstić information content (AvgIpc) is 3.02. The zero-order chi connectivity index (χ0) is 17.6. The summed E-state index contributed by atoms with van der Waals surface area (Å²) in [6.07, 6.45) is 7.31. The third-order valence-corrected chi connectivity index (χ3v) is 4.20. The highest BCUT2D eigenvalue weighted by Gasteiger charge is 2.23. The van der Waals surface area contributed by atoms with Crippen LogP contribution in [0.1, 0.15) is 18.4 Å². The number of nitrogens with one attached hydrogen (secondary N) is 1. The standard InChI is InChI=1S/C19H24N4O2/c1-23(2)9-3-4-19(24)22-12-16-11-15-10-14(5-6-18(15)25-16)17-13-20-7-8-21-17/h5-8,10,13,16H,3-4,9,11-12H2,1-2H3,(H,22,24). The highest BCUT2D eigenvalue weighted by molar-refractivity contribution is 5.75. The van der Waals surface area contributed by atoms with E-state index in [1.54, 1.807) is 18.6 Å². The van der Waals surface area contributed by atoms with Gasteiger partial charge in [-0.25, -0.2) is 0 Å². The van der Waals surface area contributed by atoms with Gasteiger partial charge in [0.15, 0.2) is 0 Å². The van der Waals surface area contributed by atoms with E-state index in [2.05, 4.69) is 26.3 Å². The van der Waals surface area contributed by atoms with Crippen molar-refractivity contribution in [1.29, 1.82) is 0 Å². The fourth-order valence-corrected chi connectivity index (χ4v) is 2.91. The maximum Gasteiger partial charge on any atom is 0.220 e. The topological polar surface area (TPSA) is 67.4 Å². The smallest absolute Gasteiger partial charge is 0.220 e. The molecule has 0 fully saturated rings. The van der Waals surface area contributed by atoms with Gasteiger partial charge in [0.1, 0.15) is 11.9 Å². The van der Waals surface area contributed by atoms with Crippen molar-refractivity contribution >= 4 is 5.91 Å². The summed E-state index contributed by atoms with van der Waals surface area (Å²) in [5.41, 5.74) is 3.03. The van der Waals surface area contributed by atoms with Gasteiger partial charge in [0, 0.05) is 30.8 Å². The van der Waals surface area contributed by atoms with E-state index in [-0.39, 0.29) is 12.0 Å². The van der Waals surface area contributed by atoms with Gasteiger partial charge in [0.05, 0.1) is 18.4 Å². The van der Waals surface area contributed by atoms with Gasteiger partial charge in [-0.05, 0) is 50.8 Å². The van der Waals surface area contributed by atoms with Crippen LogP contribution in [0.2, 0.25) is 0 Å². The van der Waals surface area contributed by atoms with Crippen molar-refractivity contribution in [3.63, 3.8) is 0 Å². The lowest BCUT2D eigenvalue weighted by Gasteiger charge is -2.12. The lowest BCUT2D eigenvalue weighted by Crippen LogP contribution is -2.34. The first kappa shape index (κ1) is 17.4. The number of hydrogen-bond acceptors (Lipinski definition) is 5. The molecular formula is C19H24N4O2. The van der Waals surface area contributed by atoms with Crippen molar-refractivity contribution in [1.82, 2.24) is 20.2 Å². The Morgan fingerprint density at radius 2 is 2.24 bits per heavy atom. The summed E-state index contributed by atoms with van der Waals surface area (Å²) in [7, 11) is 4.02. The Bertz CT molecular complexity index is 719. The van der Waals surface area contributed by atoms with Crippen molar-refractivity contribution in [3.8, 4) is 17.0 Å². The molecule has 2 heterocycles. The number of carbonyl (C=O) groups excluding carboxylic acids is 1. The molecular weight excluding hydrogens is 316 g/mol. The zero-order valence-electron chi connectivity index (χ0n) is 14.7. The summed E-state index contributed by atoms with van der Waals surface area (Å²) in [6, 6.07) is 6.06. The SMILES string of the molecule is CN(C)CCCC(=O)NCC1Cc2cc(-c3cnccn3)ccc2O1. The molecule has 1 unspecified atom stereocenters. The molecule has 6 nitrogen and oxygen atoms in total. The van der Waals surface area contributed by atoms with Crippen LogP contribution < -0.4 is 10.1 Å². The summed E-state index contributed by atoms with van der Waals surface area (Å²) in [6.45, 7) is 1.46. The molecule has 6 heteroatoms. The summed E-state index contributed by atoms with van der Waals surface area (Å²) >= 11 is 0. The van der Waals surface area contributed by atoms with E-state index >= 15 is 0 Å². The molecule has 1 atom stereocenters. The second kappa shape index (κ2) is 8.07. The van der Waals surface area contributed by atoms with Crippen LogP contribution in [0, 0.1) is 0 Å². The molecule has 0 radical (unpaired) electrons. The molecule has 0 aliphatic carbocycles. The minimum absolute atomic E-state index is 0.00935. The third kappa shape index (κ3) is 4.76. The van der Waals surface area contributed by atoms with Crippen molar-refractivity contribution < 1.29 is 9.53 Å². The zero-order valence-corrected chi connectivity index (χ0v) is 14.7. The minimum atomic E-state index is -0.00935. The monoisotopic (exact) mass is 340 g/mol. The van der Waals surface area contributed by atoms with E-state index in [0.29, 0.717) is 13.0 Å². The largest absolute Gasteiger partial charge is 0.488 e. The number of nitrogens with zero attached hydrogens (tertiary/aromatic N) is 3. The van der Waals surface area contributed by atoms with Crippen molar-refractivity contribution in [2.24, 2.45) is 0 Å². The molecule has 1 amide bonds. The number of rotatable bonds is 7. The van der Waals surface area contributed by atoms with Crippen LogP contribution in [0.15, 0.2) is 36.8 Å². The van der Waals surface area contributed by atoms with Crippen LogP contribution in [-0.2, 0) is 11.2 Å². The van der Waals surface area contributed by atoms with Crippen LogP contribution in [0.4, 0.5) is 0 Å².